The Labute approximate surface area is 195 Å². The summed E-state index contributed by atoms with van der Waals surface area (Å²) in [6.07, 6.45) is -2.93. The molecule has 3 aromatic rings. The van der Waals surface area contributed by atoms with E-state index < -0.39 is 23.0 Å². The van der Waals surface area contributed by atoms with Gasteiger partial charge in [0, 0.05) is 28.8 Å². The molecule has 0 radical (unpaired) electrons. The predicted molar refractivity (Wildman–Crippen MR) is 120 cm³/mol. The molecule has 1 aromatic heterocycles. The number of alkyl halides is 3. The van der Waals surface area contributed by atoms with Crippen molar-refractivity contribution in [2.75, 3.05) is 0 Å². The molecule has 34 heavy (non-hydrogen) atoms. The molecule has 180 valence electrons. The molecule has 0 amide bonds. The molecule has 0 aliphatic heterocycles. The molecule has 0 saturated heterocycles. The molecule has 0 unspecified atom stereocenters. The van der Waals surface area contributed by atoms with Crippen LogP contribution in [0.15, 0.2) is 48.7 Å². The Kier molecular flexibility index (Phi) is 7.38. The van der Waals surface area contributed by atoms with E-state index in [4.69, 9.17) is 4.74 Å². The quantitative estimate of drug-likeness (QED) is 0.248. The van der Waals surface area contributed by atoms with Crippen molar-refractivity contribution in [3.8, 4) is 5.75 Å². The Morgan fingerprint density at radius 1 is 1.06 bits per heavy atom. The number of halogens is 4. The van der Waals surface area contributed by atoms with E-state index in [1.54, 1.807) is 31.2 Å². The van der Waals surface area contributed by atoms with Gasteiger partial charge in [-0.3, -0.25) is 14.6 Å². The second-order valence-electron chi connectivity index (χ2n) is 8.50. The van der Waals surface area contributed by atoms with Crippen molar-refractivity contribution in [2.24, 2.45) is 5.41 Å². The van der Waals surface area contributed by atoms with Crippen LogP contribution in [0.25, 0.3) is 10.8 Å². The molecule has 0 aliphatic rings. The van der Waals surface area contributed by atoms with E-state index in [0.29, 0.717) is 24.4 Å². The Balaban J connectivity index is 1.93. The Hall–Kier alpha value is -3.29. The lowest BCUT2D eigenvalue weighted by Crippen LogP contribution is -2.25. The summed E-state index contributed by atoms with van der Waals surface area (Å²) in [5.41, 5.74) is -1.32. The molecule has 1 heterocycles. The summed E-state index contributed by atoms with van der Waals surface area (Å²) < 4.78 is 59.0. The van der Waals surface area contributed by atoms with Crippen LogP contribution < -0.4 is 4.74 Å². The zero-order valence-electron chi connectivity index (χ0n) is 19.1. The van der Waals surface area contributed by atoms with E-state index >= 15 is 0 Å². The highest BCUT2D eigenvalue weighted by molar-refractivity contribution is 6.05. The second-order valence-corrected chi connectivity index (χ2v) is 8.50. The third kappa shape index (κ3) is 5.43. The van der Waals surface area contributed by atoms with Crippen molar-refractivity contribution >= 4 is 22.3 Å². The number of hydrogen-bond donors (Lipinski definition) is 0. The number of ketones is 2. The van der Waals surface area contributed by atoms with Gasteiger partial charge in [-0.25, -0.2) is 4.39 Å². The SMILES string of the molecule is CC[C@@](C)(CCC(=O)c1cc(F)c2ccccc2c1OCc1ccc(C(F)(F)F)cn1)C(C)=O. The van der Waals surface area contributed by atoms with Crippen molar-refractivity contribution in [3.05, 3.63) is 71.3 Å². The zero-order valence-corrected chi connectivity index (χ0v) is 19.1. The molecule has 0 fully saturated rings. The predicted octanol–water partition coefficient (Wildman–Crippen LogP) is 6.94. The van der Waals surface area contributed by atoms with Crippen molar-refractivity contribution < 1.29 is 31.9 Å². The number of carbonyl (C=O) groups excluding carboxylic acids is 2. The van der Waals surface area contributed by atoms with Crippen LogP contribution in [-0.2, 0) is 17.6 Å². The molecule has 3 rings (SSSR count). The second kappa shape index (κ2) is 9.91. The van der Waals surface area contributed by atoms with Gasteiger partial charge < -0.3 is 4.74 Å². The minimum Gasteiger partial charge on any atom is -0.486 e. The van der Waals surface area contributed by atoms with Crippen LogP contribution in [0.3, 0.4) is 0 Å². The van der Waals surface area contributed by atoms with Crippen LogP contribution in [0, 0.1) is 11.2 Å². The van der Waals surface area contributed by atoms with Gasteiger partial charge in [-0.15, -0.1) is 0 Å². The molecule has 0 bridgehead atoms. The van der Waals surface area contributed by atoms with Gasteiger partial charge in [0.1, 0.15) is 24.0 Å². The maximum atomic E-state index is 14.8. The number of nitrogens with zero attached hydrogens (tertiary/aromatic N) is 1. The van der Waals surface area contributed by atoms with Crippen molar-refractivity contribution in [3.63, 3.8) is 0 Å². The normalized spacial score (nSPS) is 13.5. The first-order valence-electron chi connectivity index (χ1n) is 10.9. The third-order valence-electron chi connectivity index (χ3n) is 6.30. The molecule has 0 spiro atoms. The summed E-state index contributed by atoms with van der Waals surface area (Å²) in [4.78, 5) is 28.9. The standard InChI is InChI=1S/C26H25F4NO3/c1-4-25(3,16(2)32)12-11-23(33)21-13-22(27)19-7-5-6-8-20(19)24(21)34-15-18-10-9-17(14-31-18)26(28,29)30/h5-10,13-14H,4,11-12,15H2,1-3H3/t25-/m0/s1. The fourth-order valence-electron chi connectivity index (χ4n) is 3.62. The van der Waals surface area contributed by atoms with E-state index in [-0.39, 0.29) is 47.0 Å². The summed E-state index contributed by atoms with van der Waals surface area (Å²) in [5, 5.41) is 0.610. The summed E-state index contributed by atoms with van der Waals surface area (Å²) in [6, 6.07) is 9.67. The molecule has 0 saturated carbocycles. The highest BCUT2D eigenvalue weighted by Gasteiger charge is 2.31. The van der Waals surface area contributed by atoms with Crippen molar-refractivity contribution in [1.29, 1.82) is 0 Å². The first-order chi connectivity index (χ1) is 16.0. The monoisotopic (exact) mass is 475 g/mol. The van der Waals surface area contributed by atoms with Crippen LogP contribution >= 0.6 is 0 Å². The first kappa shape index (κ1) is 25.3. The maximum Gasteiger partial charge on any atom is 0.417 e. The molecular weight excluding hydrogens is 450 g/mol. The van der Waals surface area contributed by atoms with Gasteiger partial charge in [0.25, 0.3) is 0 Å². The van der Waals surface area contributed by atoms with E-state index in [0.717, 1.165) is 12.1 Å². The number of carbonyl (C=O) groups is 2. The number of hydrogen-bond acceptors (Lipinski definition) is 4. The van der Waals surface area contributed by atoms with Gasteiger partial charge in [-0.05, 0) is 38.0 Å². The van der Waals surface area contributed by atoms with E-state index in [1.807, 2.05) is 6.92 Å². The van der Waals surface area contributed by atoms with Gasteiger partial charge in [0.2, 0.25) is 0 Å². The van der Waals surface area contributed by atoms with Gasteiger partial charge in [-0.2, -0.15) is 13.2 Å². The first-order valence-corrected chi connectivity index (χ1v) is 10.9. The topological polar surface area (TPSA) is 56.3 Å². The number of benzene rings is 2. The molecule has 4 nitrogen and oxygen atoms in total. The fourth-order valence-corrected chi connectivity index (χ4v) is 3.62. The van der Waals surface area contributed by atoms with Crippen molar-refractivity contribution in [2.45, 2.75) is 52.8 Å². The van der Waals surface area contributed by atoms with E-state index in [2.05, 4.69) is 4.98 Å². The summed E-state index contributed by atoms with van der Waals surface area (Å²) >= 11 is 0. The molecule has 0 N–H and O–H groups in total. The van der Waals surface area contributed by atoms with Crippen LogP contribution in [-0.4, -0.2) is 16.6 Å². The smallest absolute Gasteiger partial charge is 0.417 e. The Morgan fingerprint density at radius 3 is 2.29 bits per heavy atom. The van der Waals surface area contributed by atoms with Crippen LogP contribution in [0.1, 0.15) is 61.6 Å². The number of aromatic nitrogens is 1. The largest absolute Gasteiger partial charge is 0.486 e. The highest BCUT2D eigenvalue weighted by Crippen LogP contribution is 2.36. The van der Waals surface area contributed by atoms with Gasteiger partial charge in [0.05, 0.1) is 16.8 Å². The number of pyridine rings is 1. The van der Waals surface area contributed by atoms with Crippen LogP contribution in [0.5, 0.6) is 5.75 Å². The summed E-state index contributed by atoms with van der Waals surface area (Å²) in [6.45, 7) is 4.92. The number of fused-ring (bicyclic) bond motifs is 1. The van der Waals surface area contributed by atoms with E-state index in [1.165, 1.54) is 13.0 Å². The molecule has 1 atom stereocenters. The zero-order chi connectivity index (χ0) is 25.1. The van der Waals surface area contributed by atoms with Crippen LogP contribution in [0.4, 0.5) is 17.6 Å². The number of rotatable bonds is 9. The van der Waals surface area contributed by atoms with Gasteiger partial charge in [-0.1, -0.05) is 38.1 Å². The average molecular weight is 475 g/mol. The summed E-state index contributed by atoms with van der Waals surface area (Å²) in [7, 11) is 0. The fraction of sp³-hybridized carbons (Fsp3) is 0.346. The minimum absolute atomic E-state index is 0.0105. The Bertz CT molecular complexity index is 1210. The molecule has 8 heteroatoms. The van der Waals surface area contributed by atoms with Crippen molar-refractivity contribution in [1.82, 2.24) is 4.98 Å². The van der Waals surface area contributed by atoms with Gasteiger partial charge >= 0.3 is 6.18 Å². The molecule has 2 aromatic carbocycles. The summed E-state index contributed by atoms with van der Waals surface area (Å²) in [5.74, 6) is -0.883. The van der Waals surface area contributed by atoms with E-state index in [9.17, 15) is 27.2 Å². The lowest BCUT2D eigenvalue weighted by Gasteiger charge is -2.24. The molecular formula is C26H25F4NO3. The Morgan fingerprint density at radius 2 is 1.74 bits per heavy atom. The lowest BCUT2D eigenvalue weighted by molar-refractivity contribution is -0.137. The average Bonchev–Trinajstić information content (AvgIpc) is 2.81. The van der Waals surface area contributed by atoms with Gasteiger partial charge in [0.15, 0.2) is 5.78 Å². The maximum absolute atomic E-state index is 14.8. The minimum atomic E-state index is -4.51. The highest BCUT2D eigenvalue weighted by atomic mass is 19.4. The number of Topliss-reactive ketones (excluding diaryl/α,β-unsaturated/α-hetero) is 2. The molecule has 0 aliphatic carbocycles. The lowest BCUT2D eigenvalue weighted by atomic mass is 9.78. The third-order valence-corrected chi connectivity index (χ3v) is 6.30. The number of ether oxygens (including phenoxy) is 1. The van der Waals surface area contributed by atoms with Crippen LogP contribution in [0.2, 0.25) is 0 Å².